The van der Waals surface area contributed by atoms with Crippen LogP contribution in [0.25, 0.3) is 0 Å². The van der Waals surface area contributed by atoms with E-state index in [0.717, 1.165) is 12.0 Å². The second-order valence-corrected chi connectivity index (χ2v) is 2.90. The van der Waals surface area contributed by atoms with Crippen molar-refractivity contribution in [2.45, 2.75) is 19.8 Å². The Bertz CT molecular complexity index is 310. The van der Waals surface area contributed by atoms with Gasteiger partial charge in [-0.05, 0) is 31.4 Å². The second kappa shape index (κ2) is 5.37. The Kier molecular flexibility index (Phi) is 4.11. The number of carbonyl (C=O) groups is 1. The third kappa shape index (κ3) is 2.55. The molecule has 0 fully saturated rings. The van der Waals surface area contributed by atoms with E-state index in [1.807, 2.05) is 13.0 Å². The number of aromatic nitrogens is 1. The highest BCUT2D eigenvalue weighted by molar-refractivity contribution is 5.88. The molecule has 1 heterocycles. The quantitative estimate of drug-likeness (QED) is 0.685. The van der Waals surface area contributed by atoms with Crippen LogP contribution in [0.4, 0.5) is 0 Å². The Labute approximate surface area is 84.1 Å². The first-order valence-electron chi connectivity index (χ1n) is 4.69. The zero-order chi connectivity index (χ0) is 10.4. The second-order valence-electron chi connectivity index (χ2n) is 2.90. The summed E-state index contributed by atoms with van der Waals surface area (Å²) in [6.07, 6.45) is 2.95. The molecular weight excluding hydrogens is 178 g/mol. The first-order chi connectivity index (χ1) is 6.79. The third-order valence-corrected chi connectivity index (χ3v) is 1.79. The molecule has 1 rings (SSSR count). The first-order valence-corrected chi connectivity index (χ1v) is 4.69. The summed E-state index contributed by atoms with van der Waals surface area (Å²) in [5, 5.41) is 0. The van der Waals surface area contributed by atoms with Gasteiger partial charge in [-0.25, -0.2) is 9.78 Å². The zero-order valence-electron chi connectivity index (χ0n) is 8.32. The summed E-state index contributed by atoms with van der Waals surface area (Å²) >= 11 is 0. The molecule has 0 aliphatic heterocycles. The molecule has 3 nitrogen and oxygen atoms in total. The van der Waals surface area contributed by atoms with Crippen molar-refractivity contribution in [3.8, 4) is 0 Å². The Morgan fingerprint density at radius 2 is 2.43 bits per heavy atom. The molecule has 0 bridgehead atoms. The molecule has 0 saturated carbocycles. The summed E-state index contributed by atoms with van der Waals surface area (Å²) in [5.41, 5.74) is 1.21. The summed E-state index contributed by atoms with van der Waals surface area (Å²) in [6, 6.07) is 3.62. The fraction of sp³-hybridized carbons (Fsp3) is 0.364. The van der Waals surface area contributed by atoms with Gasteiger partial charge < -0.3 is 4.74 Å². The van der Waals surface area contributed by atoms with Crippen LogP contribution >= 0.6 is 0 Å². The van der Waals surface area contributed by atoms with E-state index in [-0.39, 0.29) is 5.97 Å². The molecule has 75 valence electrons. The highest BCUT2D eigenvalue weighted by atomic mass is 16.5. The van der Waals surface area contributed by atoms with Gasteiger partial charge in [0, 0.05) is 6.20 Å². The van der Waals surface area contributed by atoms with E-state index in [0.29, 0.717) is 18.7 Å². The van der Waals surface area contributed by atoms with Gasteiger partial charge >= 0.3 is 5.97 Å². The van der Waals surface area contributed by atoms with Gasteiger partial charge in [0.25, 0.3) is 0 Å². The number of ether oxygens (including phenoxy) is 1. The molecule has 0 spiro atoms. The molecular formula is C11H14NO2. The molecule has 0 atom stereocenters. The van der Waals surface area contributed by atoms with Gasteiger partial charge in [-0.15, -0.1) is 0 Å². The standard InChI is InChI=1S/C11H14NO2/c1-3-8-14-11(13)10-9(4-2)6-5-7-12-10/h5-7H,2-4,8H2,1H3. The van der Waals surface area contributed by atoms with Crippen molar-refractivity contribution >= 4 is 5.97 Å². The van der Waals surface area contributed by atoms with Crippen molar-refractivity contribution in [1.29, 1.82) is 0 Å². The van der Waals surface area contributed by atoms with E-state index in [2.05, 4.69) is 11.9 Å². The van der Waals surface area contributed by atoms with E-state index >= 15 is 0 Å². The van der Waals surface area contributed by atoms with Crippen LogP contribution in [-0.4, -0.2) is 17.6 Å². The lowest BCUT2D eigenvalue weighted by Gasteiger charge is -2.05. The van der Waals surface area contributed by atoms with Crippen LogP contribution in [0.15, 0.2) is 18.3 Å². The van der Waals surface area contributed by atoms with E-state index < -0.39 is 0 Å². The predicted octanol–water partition coefficient (Wildman–Crippen LogP) is 2.02. The van der Waals surface area contributed by atoms with Crippen LogP contribution in [0.2, 0.25) is 0 Å². The number of hydrogen-bond donors (Lipinski definition) is 0. The van der Waals surface area contributed by atoms with Crippen molar-refractivity contribution in [2.75, 3.05) is 6.61 Å². The molecule has 0 unspecified atom stereocenters. The zero-order valence-corrected chi connectivity index (χ0v) is 8.32. The minimum absolute atomic E-state index is 0.355. The van der Waals surface area contributed by atoms with Gasteiger partial charge in [0.1, 0.15) is 0 Å². The minimum Gasteiger partial charge on any atom is -0.461 e. The van der Waals surface area contributed by atoms with E-state index in [4.69, 9.17) is 4.74 Å². The highest BCUT2D eigenvalue weighted by Crippen LogP contribution is 2.07. The Balaban J connectivity index is 2.78. The predicted molar refractivity (Wildman–Crippen MR) is 53.9 cm³/mol. The number of carbonyl (C=O) groups excluding carboxylic acids is 1. The molecule has 3 heteroatoms. The molecule has 1 aromatic rings. The maximum Gasteiger partial charge on any atom is 0.357 e. The molecule has 0 amide bonds. The third-order valence-electron chi connectivity index (χ3n) is 1.79. The Morgan fingerprint density at radius 1 is 1.64 bits per heavy atom. The summed E-state index contributed by atoms with van der Waals surface area (Å²) in [4.78, 5) is 15.5. The van der Waals surface area contributed by atoms with E-state index in [1.165, 1.54) is 0 Å². The normalized spacial score (nSPS) is 9.86. The van der Waals surface area contributed by atoms with Gasteiger partial charge in [0.15, 0.2) is 5.69 Å². The average molecular weight is 192 g/mol. The molecule has 1 radical (unpaired) electrons. The molecule has 0 aromatic carbocycles. The van der Waals surface area contributed by atoms with Crippen molar-refractivity contribution in [3.63, 3.8) is 0 Å². The van der Waals surface area contributed by atoms with Gasteiger partial charge in [-0.1, -0.05) is 13.0 Å². The first kappa shape index (κ1) is 10.7. The highest BCUT2D eigenvalue weighted by Gasteiger charge is 2.11. The van der Waals surface area contributed by atoms with Crippen LogP contribution < -0.4 is 0 Å². The van der Waals surface area contributed by atoms with Crippen LogP contribution in [0.3, 0.4) is 0 Å². The molecule has 1 aromatic heterocycles. The molecule has 14 heavy (non-hydrogen) atoms. The van der Waals surface area contributed by atoms with Gasteiger partial charge in [0.2, 0.25) is 0 Å². The lowest BCUT2D eigenvalue weighted by Crippen LogP contribution is -2.10. The number of nitrogens with zero attached hydrogens (tertiary/aromatic N) is 1. The van der Waals surface area contributed by atoms with E-state index in [9.17, 15) is 4.79 Å². The van der Waals surface area contributed by atoms with Crippen LogP contribution in [0.5, 0.6) is 0 Å². The Morgan fingerprint density at radius 3 is 3.07 bits per heavy atom. The molecule has 0 N–H and O–H groups in total. The van der Waals surface area contributed by atoms with Crippen molar-refractivity contribution in [2.24, 2.45) is 0 Å². The topological polar surface area (TPSA) is 39.2 Å². The number of esters is 1. The van der Waals surface area contributed by atoms with Crippen LogP contribution in [0.1, 0.15) is 29.4 Å². The van der Waals surface area contributed by atoms with Crippen molar-refractivity contribution in [1.82, 2.24) is 4.98 Å². The largest absolute Gasteiger partial charge is 0.461 e. The Hall–Kier alpha value is -1.38. The fourth-order valence-electron chi connectivity index (χ4n) is 1.09. The summed E-state index contributed by atoms with van der Waals surface area (Å²) in [7, 11) is 0. The monoisotopic (exact) mass is 192 g/mol. The lowest BCUT2D eigenvalue weighted by molar-refractivity contribution is 0.0497. The summed E-state index contributed by atoms with van der Waals surface area (Å²) < 4.78 is 4.99. The SMILES string of the molecule is [CH2]Cc1cccnc1C(=O)OCCC. The fourth-order valence-corrected chi connectivity index (χ4v) is 1.09. The van der Waals surface area contributed by atoms with Gasteiger partial charge in [-0.3, -0.25) is 0 Å². The van der Waals surface area contributed by atoms with E-state index in [1.54, 1.807) is 12.3 Å². The minimum atomic E-state index is -0.355. The van der Waals surface area contributed by atoms with Crippen LogP contribution in [0, 0.1) is 6.92 Å². The molecule has 0 aliphatic rings. The number of rotatable bonds is 4. The van der Waals surface area contributed by atoms with Crippen molar-refractivity contribution in [3.05, 3.63) is 36.5 Å². The maximum atomic E-state index is 11.5. The smallest absolute Gasteiger partial charge is 0.357 e. The van der Waals surface area contributed by atoms with Crippen molar-refractivity contribution < 1.29 is 9.53 Å². The van der Waals surface area contributed by atoms with Crippen LogP contribution in [-0.2, 0) is 11.2 Å². The van der Waals surface area contributed by atoms with Gasteiger partial charge in [0.05, 0.1) is 6.61 Å². The van der Waals surface area contributed by atoms with Gasteiger partial charge in [-0.2, -0.15) is 0 Å². The molecule has 0 saturated heterocycles. The molecule has 0 aliphatic carbocycles. The lowest BCUT2D eigenvalue weighted by atomic mass is 10.1. The number of pyridine rings is 1. The summed E-state index contributed by atoms with van der Waals surface area (Å²) in [5.74, 6) is -0.355. The maximum absolute atomic E-state index is 11.5. The average Bonchev–Trinajstić information content (AvgIpc) is 2.25. The number of hydrogen-bond acceptors (Lipinski definition) is 3. The summed E-state index contributed by atoms with van der Waals surface area (Å²) in [6.45, 7) is 6.12.